The predicted octanol–water partition coefficient (Wildman–Crippen LogP) is 1.77. The number of rotatable bonds is 8. The molecule has 0 aliphatic carbocycles. The van der Waals surface area contributed by atoms with E-state index < -0.39 is 5.97 Å². The molecule has 1 aromatic carbocycles. The highest BCUT2D eigenvalue weighted by Gasteiger charge is 2.34. The summed E-state index contributed by atoms with van der Waals surface area (Å²) in [4.78, 5) is 48.9. The number of nitrogens with zero attached hydrogens (tertiary/aromatic N) is 1. The lowest BCUT2D eigenvalue weighted by atomic mass is 10.1. The van der Waals surface area contributed by atoms with Gasteiger partial charge < -0.3 is 10.1 Å². The van der Waals surface area contributed by atoms with Crippen LogP contribution in [-0.4, -0.2) is 47.8 Å². The highest BCUT2D eigenvalue weighted by Crippen LogP contribution is 2.22. The molecule has 1 aromatic rings. The van der Waals surface area contributed by atoms with E-state index in [1.807, 2.05) is 20.8 Å². The van der Waals surface area contributed by atoms with Gasteiger partial charge in [0.05, 0.1) is 11.1 Å². The van der Waals surface area contributed by atoms with Gasteiger partial charge in [0.25, 0.3) is 17.7 Å². The molecule has 0 saturated heterocycles. The standard InChI is InChI=1S/C19H24N2O5/c1-12(2)13(3)20-16(22)11-26-17(23)9-6-10-21-18(24)14-7-4-5-8-15(14)19(21)25/h4-5,7-8,12-13H,6,9-11H2,1-3H3,(H,20,22)/t13-/m1/s1. The Morgan fingerprint density at radius 1 is 1.08 bits per heavy atom. The van der Waals surface area contributed by atoms with Crippen molar-refractivity contribution in [3.63, 3.8) is 0 Å². The van der Waals surface area contributed by atoms with Crippen LogP contribution in [0.3, 0.4) is 0 Å². The molecule has 0 bridgehead atoms. The first-order chi connectivity index (χ1) is 12.3. The molecule has 0 radical (unpaired) electrons. The number of ether oxygens (including phenoxy) is 1. The summed E-state index contributed by atoms with van der Waals surface area (Å²) < 4.78 is 4.93. The SMILES string of the molecule is CC(C)[C@@H](C)NC(=O)COC(=O)CCCN1C(=O)c2ccccc2C1=O. The summed E-state index contributed by atoms with van der Waals surface area (Å²) in [7, 11) is 0. The summed E-state index contributed by atoms with van der Waals surface area (Å²) in [6.45, 7) is 5.65. The molecular weight excluding hydrogens is 336 g/mol. The average molecular weight is 360 g/mol. The first kappa shape index (κ1) is 19.6. The van der Waals surface area contributed by atoms with Gasteiger partial charge in [0.15, 0.2) is 6.61 Å². The highest BCUT2D eigenvalue weighted by molar-refractivity contribution is 6.21. The van der Waals surface area contributed by atoms with E-state index in [1.54, 1.807) is 24.3 Å². The van der Waals surface area contributed by atoms with Crippen LogP contribution in [0.25, 0.3) is 0 Å². The lowest BCUT2D eigenvalue weighted by molar-refractivity contribution is -0.148. The number of benzene rings is 1. The molecule has 1 N–H and O–H groups in total. The molecule has 7 nitrogen and oxygen atoms in total. The van der Waals surface area contributed by atoms with Crippen LogP contribution in [0.1, 0.15) is 54.3 Å². The minimum Gasteiger partial charge on any atom is -0.456 e. The minimum atomic E-state index is -0.533. The number of nitrogens with one attached hydrogen (secondary N) is 1. The third-order valence-electron chi connectivity index (χ3n) is 4.39. The van der Waals surface area contributed by atoms with E-state index in [0.29, 0.717) is 11.1 Å². The number of hydrogen-bond acceptors (Lipinski definition) is 5. The van der Waals surface area contributed by atoms with Crippen molar-refractivity contribution >= 4 is 23.7 Å². The summed E-state index contributed by atoms with van der Waals surface area (Å²) >= 11 is 0. The van der Waals surface area contributed by atoms with E-state index >= 15 is 0 Å². The summed E-state index contributed by atoms with van der Waals surface area (Å²) in [5, 5.41) is 2.74. The molecule has 26 heavy (non-hydrogen) atoms. The van der Waals surface area contributed by atoms with Crippen LogP contribution < -0.4 is 5.32 Å². The second kappa shape index (κ2) is 8.60. The number of carbonyl (C=O) groups excluding carboxylic acids is 4. The number of imide groups is 1. The predicted molar refractivity (Wildman–Crippen MR) is 94.4 cm³/mol. The van der Waals surface area contributed by atoms with Crippen LogP contribution in [0.2, 0.25) is 0 Å². The average Bonchev–Trinajstić information content (AvgIpc) is 2.85. The van der Waals surface area contributed by atoms with Crippen LogP contribution in [0, 0.1) is 5.92 Å². The highest BCUT2D eigenvalue weighted by atomic mass is 16.5. The van der Waals surface area contributed by atoms with Gasteiger partial charge in [0.2, 0.25) is 0 Å². The van der Waals surface area contributed by atoms with E-state index in [9.17, 15) is 19.2 Å². The van der Waals surface area contributed by atoms with E-state index in [4.69, 9.17) is 4.74 Å². The Morgan fingerprint density at radius 2 is 1.65 bits per heavy atom. The quantitative estimate of drug-likeness (QED) is 0.563. The van der Waals surface area contributed by atoms with Crippen LogP contribution in [-0.2, 0) is 14.3 Å². The molecule has 3 amide bonds. The largest absolute Gasteiger partial charge is 0.456 e. The summed E-state index contributed by atoms with van der Waals surface area (Å²) in [5.74, 6) is -1.29. The fourth-order valence-electron chi connectivity index (χ4n) is 2.50. The fraction of sp³-hybridized carbons (Fsp3) is 0.474. The summed E-state index contributed by atoms with van der Waals surface area (Å²) in [6.07, 6.45) is 0.314. The lowest BCUT2D eigenvalue weighted by Gasteiger charge is -2.17. The summed E-state index contributed by atoms with van der Waals surface area (Å²) in [5.41, 5.74) is 0.770. The zero-order valence-corrected chi connectivity index (χ0v) is 15.3. The van der Waals surface area contributed by atoms with Crippen LogP contribution >= 0.6 is 0 Å². The molecule has 7 heteroatoms. The maximum atomic E-state index is 12.2. The van der Waals surface area contributed by atoms with Crippen molar-refractivity contribution in [3.8, 4) is 0 Å². The van der Waals surface area contributed by atoms with Gasteiger partial charge in [-0.2, -0.15) is 0 Å². The van der Waals surface area contributed by atoms with Crippen molar-refractivity contribution in [2.75, 3.05) is 13.2 Å². The topological polar surface area (TPSA) is 92.8 Å². The third-order valence-corrected chi connectivity index (χ3v) is 4.39. The third kappa shape index (κ3) is 4.68. The Hall–Kier alpha value is -2.70. The number of esters is 1. The van der Waals surface area contributed by atoms with E-state index in [2.05, 4.69) is 5.32 Å². The molecule has 1 aliphatic rings. The normalized spacial score (nSPS) is 14.4. The van der Waals surface area contributed by atoms with Gasteiger partial charge in [-0.1, -0.05) is 26.0 Å². The minimum absolute atomic E-state index is 0.00461. The van der Waals surface area contributed by atoms with Crippen molar-refractivity contribution in [2.24, 2.45) is 5.92 Å². The number of carbonyl (C=O) groups is 4. The van der Waals surface area contributed by atoms with Crippen molar-refractivity contribution in [1.82, 2.24) is 10.2 Å². The lowest BCUT2D eigenvalue weighted by Crippen LogP contribution is -2.38. The van der Waals surface area contributed by atoms with Gasteiger partial charge in [-0.15, -0.1) is 0 Å². The number of fused-ring (bicyclic) bond motifs is 1. The number of amides is 3. The summed E-state index contributed by atoms with van der Waals surface area (Å²) in [6, 6.07) is 6.63. The van der Waals surface area contributed by atoms with Crippen molar-refractivity contribution in [3.05, 3.63) is 35.4 Å². The van der Waals surface area contributed by atoms with E-state index in [1.165, 1.54) is 0 Å². The van der Waals surface area contributed by atoms with Crippen molar-refractivity contribution < 1.29 is 23.9 Å². The van der Waals surface area contributed by atoms with Gasteiger partial charge in [-0.05, 0) is 31.4 Å². The smallest absolute Gasteiger partial charge is 0.306 e. The van der Waals surface area contributed by atoms with Crippen LogP contribution in [0.4, 0.5) is 0 Å². The Balaban J connectivity index is 1.72. The fourth-order valence-corrected chi connectivity index (χ4v) is 2.50. The second-order valence-corrected chi connectivity index (χ2v) is 6.67. The molecule has 1 heterocycles. The molecule has 1 aliphatic heterocycles. The second-order valence-electron chi connectivity index (χ2n) is 6.67. The molecule has 0 aromatic heterocycles. The molecule has 140 valence electrons. The molecular formula is C19H24N2O5. The van der Waals surface area contributed by atoms with Gasteiger partial charge in [-0.25, -0.2) is 0 Å². The molecule has 0 unspecified atom stereocenters. The van der Waals surface area contributed by atoms with Crippen molar-refractivity contribution in [2.45, 2.75) is 39.7 Å². The Bertz CT molecular complexity index is 679. The van der Waals surface area contributed by atoms with Gasteiger partial charge in [-0.3, -0.25) is 24.1 Å². The van der Waals surface area contributed by atoms with Gasteiger partial charge in [0, 0.05) is 19.0 Å². The number of hydrogen-bond donors (Lipinski definition) is 1. The first-order valence-electron chi connectivity index (χ1n) is 8.71. The zero-order chi connectivity index (χ0) is 19.3. The van der Waals surface area contributed by atoms with Crippen LogP contribution in [0.5, 0.6) is 0 Å². The maximum Gasteiger partial charge on any atom is 0.306 e. The molecule has 1 atom stereocenters. The Labute approximate surface area is 152 Å². The molecule has 2 rings (SSSR count). The Morgan fingerprint density at radius 3 is 2.19 bits per heavy atom. The molecule has 0 fully saturated rings. The van der Waals surface area contributed by atoms with Gasteiger partial charge >= 0.3 is 5.97 Å². The first-order valence-corrected chi connectivity index (χ1v) is 8.71. The van der Waals surface area contributed by atoms with E-state index in [0.717, 1.165) is 4.90 Å². The van der Waals surface area contributed by atoms with Gasteiger partial charge in [0.1, 0.15) is 0 Å². The van der Waals surface area contributed by atoms with Crippen LogP contribution in [0.15, 0.2) is 24.3 Å². The Kier molecular flexibility index (Phi) is 6.49. The monoisotopic (exact) mass is 360 g/mol. The maximum absolute atomic E-state index is 12.2. The van der Waals surface area contributed by atoms with Crippen molar-refractivity contribution in [1.29, 1.82) is 0 Å². The molecule has 0 spiro atoms. The zero-order valence-electron chi connectivity index (χ0n) is 15.3. The van der Waals surface area contributed by atoms with E-state index in [-0.39, 0.29) is 55.7 Å². The molecule has 0 saturated carbocycles.